The molecule has 0 bridgehead atoms. The van der Waals surface area contributed by atoms with E-state index in [-0.39, 0.29) is 5.56 Å². The van der Waals surface area contributed by atoms with Crippen molar-refractivity contribution in [3.05, 3.63) is 40.6 Å². The topological polar surface area (TPSA) is 67.9 Å². The summed E-state index contributed by atoms with van der Waals surface area (Å²) in [6.07, 6.45) is 3.00. The SMILES string of the molecule is COc1cccnc1-c1nc[nH]c(=O)c1C. The fourth-order valence-corrected chi connectivity index (χ4v) is 1.44. The highest BCUT2D eigenvalue weighted by Crippen LogP contribution is 2.25. The van der Waals surface area contributed by atoms with Crippen molar-refractivity contribution in [2.75, 3.05) is 7.11 Å². The lowest BCUT2D eigenvalue weighted by molar-refractivity contribution is 0.414. The Balaban J connectivity index is 2.68. The van der Waals surface area contributed by atoms with Crippen molar-refractivity contribution in [1.29, 1.82) is 0 Å². The van der Waals surface area contributed by atoms with Crippen LogP contribution in [0.4, 0.5) is 0 Å². The van der Waals surface area contributed by atoms with Gasteiger partial charge in [-0.05, 0) is 19.1 Å². The zero-order valence-corrected chi connectivity index (χ0v) is 9.02. The Morgan fingerprint density at radius 2 is 2.12 bits per heavy atom. The molecule has 0 unspecified atom stereocenters. The number of H-pyrrole nitrogens is 1. The summed E-state index contributed by atoms with van der Waals surface area (Å²) in [5, 5.41) is 0. The number of nitrogens with one attached hydrogen (secondary N) is 1. The van der Waals surface area contributed by atoms with Crippen LogP contribution >= 0.6 is 0 Å². The van der Waals surface area contributed by atoms with E-state index in [0.29, 0.717) is 22.7 Å². The average Bonchev–Trinajstić information content (AvgIpc) is 2.33. The number of hydrogen-bond donors (Lipinski definition) is 1. The van der Waals surface area contributed by atoms with Gasteiger partial charge in [0.2, 0.25) is 0 Å². The largest absolute Gasteiger partial charge is 0.494 e. The molecule has 5 nitrogen and oxygen atoms in total. The van der Waals surface area contributed by atoms with Crippen LogP contribution in [0.15, 0.2) is 29.5 Å². The maximum Gasteiger partial charge on any atom is 0.254 e. The van der Waals surface area contributed by atoms with E-state index in [4.69, 9.17) is 4.74 Å². The van der Waals surface area contributed by atoms with Gasteiger partial charge in [-0.3, -0.25) is 9.78 Å². The van der Waals surface area contributed by atoms with E-state index in [1.54, 1.807) is 32.4 Å². The normalized spacial score (nSPS) is 10.1. The van der Waals surface area contributed by atoms with Crippen LogP contribution < -0.4 is 10.3 Å². The molecule has 1 N–H and O–H groups in total. The Labute approximate surface area is 92.2 Å². The molecule has 16 heavy (non-hydrogen) atoms. The summed E-state index contributed by atoms with van der Waals surface area (Å²) in [6, 6.07) is 3.55. The van der Waals surface area contributed by atoms with E-state index < -0.39 is 0 Å². The maximum atomic E-state index is 11.4. The number of methoxy groups -OCH3 is 1. The van der Waals surface area contributed by atoms with Gasteiger partial charge in [0.1, 0.15) is 17.1 Å². The second kappa shape index (κ2) is 4.14. The van der Waals surface area contributed by atoms with E-state index in [2.05, 4.69) is 15.0 Å². The van der Waals surface area contributed by atoms with Gasteiger partial charge in [0.25, 0.3) is 5.56 Å². The van der Waals surface area contributed by atoms with Crippen molar-refractivity contribution in [1.82, 2.24) is 15.0 Å². The molecule has 0 amide bonds. The summed E-state index contributed by atoms with van der Waals surface area (Å²) in [7, 11) is 1.56. The van der Waals surface area contributed by atoms with E-state index in [1.807, 2.05) is 0 Å². The summed E-state index contributed by atoms with van der Waals surface area (Å²) < 4.78 is 5.18. The van der Waals surface area contributed by atoms with Gasteiger partial charge in [0, 0.05) is 11.8 Å². The third-order valence-electron chi connectivity index (χ3n) is 2.30. The highest BCUT2D eigenvalue weighted by Gasteiger charge is 2.12. The van der Waals surface area contributed by atoms with Gasteiger partial charge < -0.3 is 9.72 Å². The van der Waals surface area contributed by atoms with Gasteiger partial charge >= 0.3 is 0 Å². The lowest BCUT2D eigenvalue weighted by Gasteiger charge is -2.07. The monoisotopic (exact) mass is 217 g/mol. The molecule has 0 fully saturated rings. The van der Waals surface area contributed by atoms with Crippen molar-refractivity contribution in [3.63, 3.8) is 0 Å². The number of ether oxygens (including phenoxy) is 1. The van der Waals surface area contributed by atoms with Crippen LogP contribution in [0.5, 0.6) is 5.75 Å². The number of nitrogens with zero attached hydrogens (tertiary/aromatic N) is 2. The Kier molecular flexibility index (Phi) is 2.68. The van der Waals surface area contributed by atoms with E-state index in [1.165, 1.54) is 6.33 Å². The van der Waals surface area contributed by atoms with Crippen LogP contribution in [0.2, 0.25) is 0 Å². The van der Waals surface area contributed by atoms with Gasteiger partial charge in [0.15, 0.2) is 0 Å². The predicted molar refractivity (Wildman–Crippen MR) is 59.4 cm³/mol. The summed E-state index contributed by atoms with van der Waals surface area (Å²) in [5.74, 6) is 0.601. The van der Waals surface area contributed by atoms with Crippen LogP contribution in [0.1, 0.15) is 5.56 Å². The first-order chi connectivity index (χ1) is 7.74. The van der Waals surface area contributed by atoms with E-state index in [9.17, 15) is 4.79 Å². The van der Waals surface area contributed by atoms with Crippen LogP contribution in [-0.2, 0) is 0 Å². The lowest BCUT2D eigenvalue weighted by Crippen LogP contribution is -2.12. The molecule has 2 heterocycles. The Morgan fingerprint density at radius 1 is 1.31 bits per heavy atom. The van der Waals surface area contributed by atoms with Crippen LogP contribution in [-0.4, -0.2) is 22.1 Å². The van der Waals surface area contributed by atoms with E-state index in [0.717, 1.165) is 0 Å². The highest BCUT2D eigenvalue weighted by molar-refractivity contribution is 5.64. The first-order valence-electron chi connectivity index (χ1n) is 4.77. The van der Waals surface area contributed by atoms with Gasteiger partial charge in [-0.2, -0.15) is 0 Å². The van der Waals surface area contributed by atoms with E-state index >= 15 is 0 Å². The predicted octanol–water partition coefficient (Wildman–Crippen LogP) is 1.15. The summed E-state index contributed by atoms with van der Waals surface area (Å²) in [6.45, 7) is 1.70. The molecule has 0 aliphatic heterocycles. The summed E-state index contributed by atoms with van der Waals surface area (Å²) in [4.78, 5) is 22.3. The zero-order chi connectivity index (χ0) is 11.5. The maximum absolute atomic E-state index is 11.4. The van der Waals surface area contributed by atoms with Crippen LogP contribution in [0, 0.1) is 6.92 Å². The minimum Gasteiger partial charge on any atom is -0.494 e. The average molecular weight is 217 g/mol. The zero-order valence-electron chi connectivity index (χ0n) is 9.02. The summed E-state index contributed by atoms with van der Waals surface area (Å²) >= 11 is 0. The first kappa shape index (κ1) is 10.4. The fourth-order valence-electron chi connectivity index (χ4n) is 1.44. The lowest BCUT2D eigenvalue weighted by atomic mass is 10.1. The summed E-state index contributed by atoms with van der Waals surface area (Å²) in [5.41, 5.74) is 1.48. The van der Waals surface area contributed by atoms with Crippen molar-refractivity contribution in [2.24, 2.45) is 0 Å². The third kappa shape index (κ3) is 1.67. The second-order valence-corrected chi connectivity index (χ2v) is 3.26. The molecular formula is C11H11N3O2. The van der Waals surface area contributed by atoms with Crippen molar-refractivity contribution < 1.29 is 4.74 Å². The molecule has 2 rings (SSSR count). The fraction of sp³-hybridized carbons (Fsp3) is 0.182. The standard InChI is InChI=1S/C11H11N3O2/c1-7-9(13-6-14-11(7)15)10-8(16-2)4-3-5-12-10/h3-6H,1-2H3,(H,13,14,15). The minimum absolute atomic E-state index is 0.169. The molecule has 0 aliphatic carbocycles. The molecule has 2 aromatic rings. The molecule has 0 saturated heterocycles. The number of rotatable bonds is 2. The van der Waals surface area contributed by atoms with Gasteiger partial charge in [-0.25, -0.2) is 4.98 Å². The molecule has 0 saturated carbocycles. The Bertz CT molecular complexity index is 563. The molecule has 2 aromatic heterocycles. The molecule has 0 radical (unpaired) electrons. The molecule has 0 aliphatic rings. The van der Waals surface area contributed by atoms with Crippen molar-refractivity contribution in [2.45, 2.75) is 6.92 Å². The quantitative estimate of drug-likeness (QED) is 0.819. The number of hydrogen-bond acceptors (Lipinski definition) is 4. The first-order valence-corrected chi connectivity index (χ1v) is 4.77. The molecule has 0 aromatic carbocycles. The van der Waals surface area contributed by atoms with Gasteiger partial charge in [0.05, 0.1) is 13.4 Å². The Hall–Kier alpha value is -2.17. The number of pyridine rings is 1. The van der Waals surface area contributed by atoms with Gasteiger partial charge in [-0.1, -0.05) is 0 Å². The van der Waals surface area contributed by atoms with Crippen molar-refractivity contribution in [3.8, 4) is 17.1 Å². The second-order valence-electron chi connectivity index (χ2n) is 3.26. The molecule has 5 heteroatoms. The van der Waals surface area contributed by atoms with Gasteiger partial charge in [-0.15, -0.1) is 0 Å². The molecule has 82 valence electrons. The third-order valence-corrected chi connectivity index (χ3v) is 2.30. The minimum atomic E-state index is -0.169. The van der Waals surface area contributed by atoms with Crippen molar-refractivity contribution >= 4 is 0 Å². The highest BCUT2D eigenvalue weighted by atomic mass is 16.5. The van der Waals surface area contributed by atoms with Crippen LogP contribution in [0.25, 0.3) is 11.4 Å². The molecule has 0 spiro atoms. The smallest absolute Gasteiger partial charge is 0.254 e. The molecule has 0 atom stereocenters. The Morgan fingerprint density at radius 3 is 2.88 bits per heavy atom. The molecular weight excluding hydrogens is 206 g/mol. The number of aromatic nitrogens is 3. The van der Waals surface area contributed by atoms with Crippen LogP contribution in [0.3, 0.4) is 0 Å². The number of aromatic amines is 1.